The first-order chi connectivity index (χ1) is 13.5. The first-order valence-corrected chi connectivity index (χ1v) is 10.6. The van der Waals surface area contributed by atoms with E-state index in [1.165, 1.54) is 6.07 Å². The minimum atomic E-state index is -0.419. The van der Waals surface area contributed by atoms with Gasteiger partial charge in [0.25, 0.3) is 0 Å². The second-order valence-corrected chi connectivity index (χ2v) is 8.62. The Bertz CT molecular complexity index is 1000. The number of nitrogens with one attached hydrogen (secondary N) is 1. The molecule has 0 saturated carbocycles. The predicted octanol–water partition coefficient (Wildman–Crippen LogP) is 5.30. The number of hydrogen-bond donors (Lipinski definition) is 1. The fourth-order valence-electron chi connectivity index (χ4n) is 3.59. The monoisotopic (exact) mass is 417 g/mol. The Balaban J connectivity index is 1.37. The summed E-state index contributed by atoms with van der Waals surface area (Å²) in [4.78, 5) is 19.4. The van der Waals surface area contributed by atoms with Gasteiger partial charge >= 0.3 is 0 Å². The number of anilines is 1. The highest BCUT2D eigenvalue weighted by molar-refractivity contribution is 7.18. The van der Waals surface area contributed by atoms with Crippen molar-refractivity contribution < 1.29 is 9.18 Å². The van der Waals surface area contributed by atoms with Crippen LogP contribution in [0, 0.1) is 5.82 Å². The van der Waals surface area contributed by atoms with Crippen molar-refractivity contribution in [2.75, 3.05) is 18.4 Å². The van der Waals surface area contributed by atoms with Crippen molar-refractivity contribution in [1.29, 1.82) is 0 Å². The van der Waals surface area contributed by atoms with Crippen LogP contribution in [0.4, 0.5) is 10.1 Å². The van der Waals surface area contributed by atoms with Gasteiger partial charge in [0.2, 0.25) is 5.91 Å². The molecule has 1 unspecified atom stereocenters. The van der Waals surface area contributed by atoms with Crippen molar-refractivity contribution in [3.63, 3.8) is 0 Å². The third-order valence-electron chi connectivity index (χ3n) is 5.30. The molecule has 0 bridgehead atoms. The number of likely N-dealkylation sites (tertiary alicyclic amines) is 1. The normalized spacial score (nSPS) is 17.0. The van der Waals surface area contributed by atoms with Gasteiger partial charge in [-0.2, -0.15) is 0 Å². The van der Waals surface area contributed by atoms with Crippen LogP contribution in [0.15, 0.2) is 42.5 Å². The molecule has 1 aliphatic heterocycles. The molecular formula is C21H21ClFN3OS. The molecule has 2 heterocycles. The van der Waals surface area contributed by atoms with Crippen LogP contribution in [0.3, 0.4) is 0 Å². The zero-order valence-corrected chi connectivity index (χ0v) is 17.1. The number of carbonyl (C=O) groups excluding carboxylic acids is 1. The second-order valence-electron chi connectivity index (χ2n) is 7.12. The second kappa shape index (κ2) is 8.15. The summed E-state index contributed by atoms with van der Waals surface area (Å²) < 4.78 is 14.9. The van der Waals surface area contributed by atoms with Gasteiger partial charge in [-0.05, 0) is 63.2 Å². The van der Waals surface area contributed by atoms with E-state index in [1.807, 2.05) is 25.1 Å². The van der Waals surface area contributed by atoms with Crippen LogP contribution < -0.4 is 5.32 Å². The van der Waals surface area contributed by atoms with Gasteiger partial charge in [0.1, 0.15) is 5.82 Å². The summed E-state index contributed by atoms with van der Waals surface area (Å²) in [6.45, 7) is 3.50. The topological polar surface area (TPSA) is 45.2 Å². The summed E-state index contributed by atoms with van der Waals surface area (Å²) in [5.74, 6) is -0.204. The van der Waals surface area contributed by atoms with Gasteiger partial charge in [0.05, 0.1) is 27.0 Å². The molecule has 1 amide bonds. The molecule has 2 aromatic carbocycles. The number of thiazole rings is 1. The number of halogens is 2. The predicted molar refractivity (Wildman–Crippen MR) is 113 cm³/mol. The third-order valence-corrected chi connectivity index (χ3v) is 6.74. The lowest BCUT2D eigenvalue weighted by Crippen LogP contribution is -2.45. The molecule has 1 saturated heterocycles. The lowest BCUT2D eigenvalue weighted by molar-refractivity contribution is -0.121. The first-order valence-electron chi connectivity index (χ1n) is 9.36. The van der Waals surface area contributed by atoms with Crippen LogP contribution in [-0.2, 0) is 4.79 Å². The Hall–Kier alpha value is -2.02. The number of aromatic nitrogens is 1. The van der Waals surface area contributed by atoms with Gasteiger partial charge in [-0.3, -0.25) is 9.69 Å². The molecule has 1 fully saturated rings. The van der Waals surface area contributed by atoms with E-state index in [-0.39, 0.29) is 17.6 Å². The van der Waals surface area contributed by atoms with E-state index in [0.717, 1.165) is 41.2 Å². The van der Waals surface area contributed by atoms with E-state index >= 15 is 0 Å². The highest BCUT2D eigenvalue weighted by atomic mass is 35.5. The lowest BCUT2D eigenvalue weighted by Gasteiger charge is -2.34. The number of benzene rings is 2. The summed E-state index contributed by atoms with van der Waals surface area (Å²) in [5, 5.41) is 4.54. The van der Waals surface area contributed by atoms with E-state index in [0.29, 0.717) is 10.9 Å². The van der Waals surface area contributed by atoms with Crippen molar-refractivity contribution in [2.24, 2.45) is 0 Å². The van der Waals surface area contributed by atoms with E-state index in [4.69, 9.17) is 16.6 Å². The lowest BCUT2D eigenvalue weighted by atomic mass is 9.96. The van der Waals surface area contributed by atoms with Crippen LogP contribution in [0.5, 0.6) is 0 Å². The smallest absolute Gasteiger partial charge is 0.241 e. The van der Waals surface area contributed by atoms with Crippen molar-refractivity contribution >= 4 is 44.7 Å². The number of carbonyl (C=O) groups is 1. The molecule has 146 valence electrons. The molecule has 4 nitrogen and oxygen atoms in total. The van der Waals surface area contributed by atoms with Crippen molar-refractivity contribution in [2.45, 2.75) is 31.7 Å². The third kappa shape index (κ3) is 4.04. The van der Waals surface area contributed by atoms with Crippen LogP contribution in [0.2, 0.25) is 5.02 Å². The minimum Gasteiger partial charge on any atom is -0.322 e. The number of amides is 1. The average molecular weight is 418 g/mol. The average Bonchev–Trinajstić information content (AvgIpc) is 3.12. The molecular weight excluding hydrogens is 397 g/mol. The maximum atomic E-state index is 13.8. The molecule has 1 N–H and O–H groups in total. The Morgan fingerprint density at radius 1 is 1.29 bits per heavy atom. The SMILES string of the molecule is CC(C(=O)Nc1ccccc1F)N1CCC(c2nc3cc(Cl)ccc3s2)CC1. The summed E-state index contributed by atoms with van der Waals surface area (Å²) in [6.07, 6.45) is 1.90. The maximum Gasteiger partial charge on any atom is 0.241 e. The number of rotatable bonds is 4. The maximum absolute atomic E-state index is 13.8. The summed E-state index contributed by atoms with van der Waals surface area (Å²) in [7, 11) is 0. The molecule has 1 aliphatic rings. The standard InChI is InChI=1S/C21H21ClFN3OS/c1-13(20(27)24-17-5-3-2-4-16(17)23)26-10-8-14(9-11-26)21-25-18-12-15(22)6-7-19(18)28-21/h2-7,12-14H,8-11H2,1H3,(H,24,27). The van der Waals surface area contributed by atoms with Gasteiger partial charge in [0, 0.05) is 10.9 Å². The van der Waals surface area contributed by atoms with Crippen molar-refractivity contribution in [3.05, 3.63) is 58.3 Å². The largest absolute Gasteiger partial charge is 0.322 e. The van der Waals surface area contributed by atoms with Gasteiger partial charge < -0.3 is 5.32 Å². The van der Waals surface area contributed by atoms with E-state index in [9.17, 15) is 9.18 Å². The highest BCUT2D eigenvalue weighted by Crippen LogP contribution is 2.35. The fourth-order valence-corrected chi connectivity index (χ4v) is 4.88. The summed E-state index contributed by atoms with van der Waals surface area (Å²) in [5.41, 5.74) is 1.18. The Morgan fingerprint density at radius 2 is 2.04 bits per heavy atom. The fraction of sp³-hybridized carbons (Fsp3) is 0.333. The minimum absolute atomic E-state index is 0.182. The summed E-state index contributed by atoms with van der Waals surface area (Å²) in [6, 6.07) is 11.7. The quantitative estimate of drug-likeness (QED) is 0.626. The van der Waals surface area contributed by atoms with Gasteiger partial charge in [-0.25, -0.2) is 9.37 Å². The molecule has 28 heavy (non-hydrogen) atoms. The van der Waals surface area contributed by atoms with Crippen LogP contribution in [-0.4, -0.2) is 34.9 Å². The van der Waals surface area contributed by atoms with Crippen LogP contribution >= 0.6 is 22.9 Å². The molecule has 0 aliphatic carbocycles. The number of para-hydroxylation sites is 1. The van der Waals surface area contributed by atoms with Crippen molar-refractivity contribution in [3.8, 4) is 0 Å². The first kappa shape index (κ1) is 19.3. The Labute approximate surface area is 172 Å². The molecule has 7 heteroatoms. The van der Waals surface area contributed by atoms with Crippen LogP contribution in [0.25, 0.3) is 10.2 Å². The number of fused-ring (bicyclic) bond motifs is 1. The molecule has 0 spiro atoms. The van der Waals surface area contributed by atoms with Crippen LogP contribution in [0.1, 0.15) is 30.7 Å². The Kier molecular flexibility index (Phi) is 5.62. The van der Waals surface area contributed by atoms with E-state index < -0.39 is 5.82 Å². The van der Waals surface area contributed by atoms with E-state index in [1.54, 1.807) is 29.5 Å². The summed E-state index contributed by atoms with van der Waals surface area (Å²) >= 11 is 7.78. The van der Waals surface area contributed by atoms with Gasteiger partial charge in [-0.15, -0.1) is 11.3 Å². The molecule has 0 radical (unpaired) electrons. The molecule has 1 aromatic heterocycles. The Morgan fingerprint density at radius 3 is 2.79 bits per heavy atom. The highest BCUT2D eigenvalue weighted by Gasteiger charge is 2.29. The van der Waals surface area contributed by atoms with E-state index in [2.05, 4.69) is 10.2 Å². The van der Waals surface area contributed by atoms with Gasteiger partial charge in [-0.1, -0.05) is 23.7 Å². The number of piperidine rings is 1. The number of nitrogens with zero attached hydrogens (tertiary/aromatic N) is 2. The van der Waals surface area contributed by atoms with Crippen molar-refractivity contribution in [1.82, 2.24) is 9.88 Å². The number of hydrogen-bond acceptors (Lipinski definition) is 4. The van der Waals surface area contributed by atoms with Gasteiger partial charge in [0.15, 0.2) is 0 Å². The molecule has 1 atom stereocenters. The molecule has 3 aromatic rings. The zero-order valence-electron chi connectivity index (χ0n) is 15.5. The zero-order chi connectivity index (χ0) is 19.7. The molecule has 4 rings (SSSR count).